The maximum absolute atomic E-state index is 11.4. The molecule has 1 amide bonds. The van der Waals surface area contributed by atoms with Crippen molar-refractivity contribution in [1.29, 1.82) is 0 Å². The Hall–Kier alpha value is -0.610. The number of aliphatic hydroxyl groups is 1. The highest BCUT2D eigenvalue weighted by atomic mass is 16.3. The lowest BCUT2D eigenvalue weighted by Gasteiger charge is -2.13. The first kappa shape index (κ1) is 11.5. The van der Waals surface area contributed by atoms with Crippen molar-refractivity contribution in [3.8, 4) is 0 Å². The third-order valence-corrected chi connectivity index (χ3v) is 2.88. The number of amides is 1. The summed E-state index contributed by atoms with van der Waals surface area (Å²) in [5.41, 5.74) is 5.38. The molecule has 1 aliphatic rings. The van der Waals surface area contributed by atoms with E-state index in [0.717, 1.165) is 19.3 Å². The Morgan fingerprint density at radius 2 is 2.36 bits per heavy atom. The molecule has 0 bridgehead atoms. The van der Waals surface area contributed by atoms with Crippen molar-refractivity contribution >= 4 is 5.91 Å². The molecule has 1 fully saturated rings. The summed E-state index contributed by atoms with van der Waals surface area (Å²) >= 11 is 0. The van der Waals surface area contributed by atoms with Gasteiger partial charge in [0, 0.05) is 19.0 Å². The molecule has 14 heavy (non-hydrogen) atoms. The number of aliphatic hydroxyl groups excluding tert-OH is 1. The van der Waals surface area contributed by atoms with Crippen molar-refractivity contribution in [3.63, 3.8) is 0 Å². The van der Waals surface area contributed by atoms with E-state index in [4.69, 9.17) is 5.73 Å². The maximum atomic E-state index is 11.4. The number of carbonyl (C=O) groups excluding carboxylic acids is 1. The summed E-state index contributed by atoms with van der Waals surface area (Å²) in [4.78, 5) is 11.4. The predicted octanol–water partition coefficient (Wildman–Crippen LogP) is -0.142. The minimum Gasteiger partial charge on any atom is -0.393 e. The molecule has 0 aliphatic heterocycles. The van der Waals surface area contributed by atoms with E-state index in [1.807, 2.05) is 6.92 Å². The molecule has 1 aliphatic carbocycles. The third-order valence-electron chi connectivity index (χ3n) is 2.88. The third kappa shape index (κ3) is 3.27. The molecule has 3 unspecified atom stereocenters. The summed E-state index contributed by atoms with van der Waals surface area (Å²) in [6.45, 7) is 2.89. The molecule has 0 aromatic heterocycles. The first-order valence-electron chi connectivity index (χ1n) is 5.29. The van der Waals surface area contributed by atoms with Gasteiger partial charge < -0.3 is 16.2 Å². The number of hydrogen-bond acceptors (Lipinski definition) is 3. The first-order valence-corrected chi connectivity index (χ1v) is 5.29. The molecule has 4 nitrogen and oxygen atoms in total. The van der Waals surface area contributed by atoms with E-state index < -0.39 is 0 Å². The minimum absolute atomic E-state index is 0.0221. The van der Waals surface area contributed by atoms with Crippen LogP contribution in [0.5, 0.6) is 0 Å². The predicted molar refractivity (Wildman–Crippen MR) is 54.6 cm³/mol. The van der Waals surface area contributed by atoms with Crippen molar-refractivity contribution in [2.75, 3.05) is 13.1 Å². The molecule has 82 valence electrons. The molecule has 0 saturated heterocycles. The Balaban J connectivity index is 2.17. The highest BCUT2D eigenvalue weighted by molar-refractivity contribution is 5.78. The zero-order chi connectivity index (χ0) is 10.6. The Bertz CT molecular complexity index is 197. The summed E-state index contributed by atoms with van der Waals surface area (Å²) in [5.74, 6) is 0.356. The smallest absolute Gasteiger partial charge is 0.224 e. The van der Waals surface area contributed by atoms with Gasteiger partial charge in [-0.05, 0) is 25.2 Å². The summed E-state index contributed by atoms with van der Waals surface area (Å²) < 4.78 is 0. The van der Waals surface area contributed by atoms with Gasteiger partial charge in [0.05, 0.1) is 6.10 Å². The molecule has 4 N–H and O–H groups in total. The van der Waals surface area contributed by atoms with Crippen LogP contribution in [0.25, 0.3) is 0 Å². The number of rotatable bonds is 4. The fourth-order valence-electron chi connectivity index (χ4n) is 1.76. The standard InChI is InChI=1S/C10H20N2O2/c1-7(5-11)10(14)12-6-8-2-3-9(13)4-8/h7-9,13H,2-6,11H2,1H3,(H,12,14). The average Bonchev–Trinajstić information content (AvgIpc) is 2.59. The fourth-order valence-corrected chi connectivity index (χ4v) is 1.76. The Morgan fingerprint density at radius 1 is 1.64 bits per heavy atom. The van der Waals surface area contributed by atoms with Gasteiger partial charge in [0.2, 0.25) is 5.91 Å². The van der Waals surface area contributed by atoms with Crippen LogP contribution in [0.4, 0.5) is 0 Å². The summed E-state index contributed by atoms with van der Waals surface area (Å²) in [6, 6.07) is 0. The number of carbonyl (C=O) groups is 1. The summed E-state index contributed by atoms with van der Waals surface area (Å²) in [7, 11) is 0. The Kier molecular flexibility index (Phi) is 4.35. The molecule has 0 aromatic rings. The van der Waals surface area contributed by atoms with E-state index in [1.165, 1.54) is 0 Å². The van der Waals surface area contributed by atoms with E-state index >= 15 is 0 Å². The van der Waals surface area contributed by atoms with Crippen molar-refractivity contribution in [3.05, 3.63) is 0 Å². The topological polar surface area (TPSA) is 75.4 Å². The van der Waals surface area contributed by atoms with Crippen LogP contribution in [-0.2, 0) is 4.79 Å². The van der Waals surface area contributed by atoms with E-state index in [1.54, 1.807) is 0 Å². The van der Waals surface area contributed by atoms with E-state index in [-0.39, 0.29) is 17.9 Å². The second-order valence-corrected chi connectivity index (χ2v) is 4.21. The average molecular weight is 200 g/mol. The molecular weight excluding hydrogens is 180 g/mol. The van der Waals surface area contributed by atoms with Crippen molar-refractivity contribution in [2.45, 2.75) is 32.3 Å². The van der Waals surface area contributed by atoms with Crippen LogP contribution in [0.3, 0.4) is 0 Å². The lowest BCUT2D eigenvalue weighted by atomic mass is 10.1. The van der Waals surface area contributed by atoms with E-state index in [9.17, 15) is 9.90 Å². The van der Waals surface area contributed by atoms with Gasteiger partial charge in [-0.1, -0.05) is 6.92 Å². The lowest BCUT2D eigenvalue weighted by Crippen LogP contribution is -2.35. The second-order valence-electron chi connectivity index (χ2n) is 4.21. The van der Waals surface area contributed by atoms with Crippen molar-refractivity contribution in [1.82, 2.24) is 5.32 Å². The summed E-state index contributed by atoms with van der Waals surface area (Å²) in [6.07, 6.45) is 2.53. The van der Waals surface area contributed by atoms with Crippen LogP contribution in [0, 0.1) is 11.8 Å². The first-order chi connectivity index (χ1) is 6.63. The highest BCUT2D eigenvalue weighted by Crippen LogP contribution is 2.24. The van der Waals surface area contributed by atoms with E-state index in [2.05, 4.69) is 5.32 Å². The van der Waals surface area contributed by atoms with Crippen LogP contribution < -0.4 is 11.1 Å². The Morgan fingerprint density at radius 3 is 2.86 bits per heavy atom. The SMILES string of the molecule is CC(CN)C(=O)NCC1CCC(O)C1. The highest BCUT2D eigenvalue weighted by Gasteiger charge is 2.23. The van der Waals surface area contributed by atoms with Gasteiger partial charge in [-0.15, -0.1) is 0 Å². The molecule has 4 heteroatoms. The maximum Gasteiger partial charge on any atom is 0.224 e. The molecular formula is C10H20N2O2. The lowest BCUT2D eigenvalue weighted by molar-refractivity contribution is -0.124. The van der Waals surface area contributed by atoms with Crippen LogP contribution in [0.1, 0.15) is 26.2 Å². The fraction of sp³-hybridized carbons (Fsp3) is 0.900. The number of nitrogens with two attached hydrogens (primary N) is 1. The minimum atomic E-state index is -0.163. The normalized spacial score (nSPS) is 28.8. The molecule has 0 radical (unpaired) electrons. The van der Waals surface area contributed by atoms with Gasteiger partial charge in [0.1, 0.15) is 0 Å². The zero-order valence-corrected chi connectivity index (χ0v) is 8.70. The van der Waals surface area contributed by atoms with Crippen molar-refractivity contribution < 1.29 is 9.90 Å². The molecule has 3 atom stereocenters. The van der Waals surface area contributed by atoms with Crippen LogP contribution in [-0.4, -0.2) is 30.2 Å². The van der Waals surface area contributed by atoms with Gasteiger partial charge in [0.15, 0.2) is 0 Å². The van der Waals surface area contributed by atoms with Gasteiger partial charge in [-0.2, -0.15) is 0 Å². The van der Waals surface area contributed by atoms with Crippen molar-refractivity contribution in [2.24, 2.45) is 17.6 Å². The monoisotopic (exact) mass is 200 g/mol. The zero-order valence-electron chi connectivity index (χ0n) is 8.70. The molecule has 1 saturated carbocycles. The molecule has 0 aromatic carbocycles. The van der Waals surface area contributed by atoms with Crippen LogP contribution in [0.15, 0.2) is 0 Å². The Labute approximate surface area is 84.9 Å². The molecule has 1 rings (SSSR count). The van der Waals surface area contributed by atoms with Gasteiger partial charge in [-0.25, -0.2) is 0 Å². The van der Waals surface area contributed by atoms with Crippen LogP contribution in [0.2, 0.25) is 0 Å². The largest absolute Gasteiger partial charge is 0.393 e. The number of nitrogens with one attached hydrogen (secondary N) is 1. The van der Waals surface area contributed by atoms with Gasteiger partial charge >= 0.3 is 0 Å². The van der Waals surface area contributed by atoms with Gasteiger partial charge in [0.25, 0.3) is 0 Å². The second kappa shape index (κ2) is 5.32. The summed E-state index contributed by atoms with van der Waals surface area (Å²) in [5, 5.41) is 12.2. The van der Waals surface area contributed by atoms with E-state index in [0.29, 0.717) is 19.0 Å². The molecule has 0 spiro atoms. The van der Waals surface area contributed by atoms with Gasteiger partial charge in [-0.3, -0.25) is 4.79 Å². The molecule has 0 heterocycles. The van der Waals surface area contributed by atoms with Crippen LogP contribution >= 0.6 is 0 Å². The number of hydrogen-bond donors (Lipinski definition) is 3. The quantitative estimate of drug-likeness (QED) is 0.591.